The van der Waals surface area contributed by atoms with Crippen LogP contribution in [0.5, 0.6) is 5.75 Å². The third kappa shape index (κ3) is 4.52. The lowest BCUT2D eigenvalue weighted by Gasteiger charge is -2.25. The number of amidine groups is 1. The molecule has 2 aromatic carbocycles. The number of halogens is 1. The van der Waals surface area contributed by atoms with Gasteiger partial charge >= 0.3 is 0 Å². The zero-order valence-electron chi connectivity index (χ0n) is 16.3. The van der Waals surface area contributed by atoms with E-state index in [4.69, 9.17) is 4.74 Å². The Morgan fingerprint density at radius 1 is 1.20 bits per heavy atom. The number of amides is 1. The molecule has 0 aromatic heterocycles. The second kappa shape index (κ2) is 8.39. The highest BCUT2D eigenvalue weighted by Crippen LogP contribution is 2.39. The molecule has 2 aromatic rings. The van der Waals surface area contributed by atoms with Gasteiger partial charge in [-0.3, -0.25) is 4.79 Å². The molecule has 30 heavy (non-hydrogen) atoms. The fourth-order valence-electron chi connectivity index (χ4n) is 3.76. The first-order valence-electron chi connectivity index (χ1n) is 9.46. The molecule has 0 bridgehead atoms. The van der Waals surface area contributed by atoms with E-state index >= 15 is 0 Å². The molecule has 2 aliphatic heterocycles. The third-order valence-corrected chi connectivity index (χ3v) is 8.44. The lowest BCUT2D eigenvalue weighted by Crippen LogP contribution is -2.37. The summed E-state index contributed by atoms with van der Waals surface area (Å²) >= 11 is 1.34. The number of carbonyl (C=O) groups excluding carboxylic acids is 1. The average Bonchev–Trinajstić information content (AvgIpc) is 3.16. The number of hydrogen-bond acceptors (Lipinski definition) is 5. The van der Waals surface area contributed by atoms with Crippen LogP contribution in [0.2, 0.25) is 0 Å². The molecule has 158 valence electrons. The maximum absolute atomic E-state index is 13.1. The Morgan fingerprint density at radius 3 is 2.67 bits per heavy atom. The molecule has 0 aliphatic carbocycles. The van der Waals surface area contributed by atoms with E-state index in [1.165, 1.54) is 23.9 Å². The monoisotopic (exact) mass is 448 g/mol. The summed E-state index contributed by atoms with van der Waals surface area (Å²) in [5, 5.41) is 0.375. The molecule has 0 saturated carbocycles. The molecule has 0 spiro atoms. The van der Waals surface area contributed by atoms with E-state index in [0.29, 0.717) is 23.0 Å². The number of carbonyl (C=O) groups is 1. The summed E-state index contributed by atoms with van der Waals surface area (Å²) in [6.45, 7) is 0.399. The van der Waals surface area contributed by atoms with Crippen molar-refractivity contribution < 1.29 is 22.3 Å². The number of fused-ring (bicyclic) bond motifs is 1. The van der Waals surface area contributed by atoms with Crippen LogP contribution in [0.3, 0.4) is 0 Å². The van der Waals surface area contributed by atoms with Gasteiger partial charge in [-0.1, -0.05) is 42.1 Å². The van der Waals surface area contributed by atoms with E-state index in [1.54, 1.807) is 19.2 Å². The molecule has 2 atom stereocenters. The van der Waals surface area contributed by atoms with Gasteiger partial charge in [-0.15, -0.1) is 0 Å². The highest BCUT2D eigenvalue weighted by Gasteiger charge is 2.48. The molecule has 0 radical (unpaired) electrons. The number of rotatable bonds is 5. The fourth-order valence-corrected chi connectivity index (χ4v) is 7.73. The molecular weight excluding hydrogens is 427 g/mol. The molecule has 2 saturated heterocycles. The summed E-state index contributed by atoms with van der Waals surface area (Å²) in [6, 6.07) is 13.0. The Morgan fingerprint density at radius 2 is 1.93 bits per heavy atom. The van der Waals surface area contributed by atoms with E-state index in [2.05, 4.69) is 4.99 Å². The zero-order chi connectivity index (χ0) is 21.3. The largest absolute Gasteiger partial charge is 0.496 e. The van der Waals surface area contributed by atoms with Crippen molar-refractivity contribution in [2.45, 2.75) is 24.3 Å². The third-order valence-electron chi connectivity index (χ3n) is 5.20. The Balaban J connectivity index is 1.59. The van der Waals surface area contributed by atoms with E-state index in [-0.39, 0.29) is 40.9 Å². The van der Waals surface area contributed by atoms with Crippen molar-refractivity contribution in [1.82, 2.24) is 4.90 Å². The van der Waals surface area contributed by atoms with Crippen molar-refractivity contribution in [2.24, 2.45) is 4.99 Å². The second-order valence-electron chi connectivity index (χ2n) is 7.33. The first kappa shape index (κ1) is 20.9. The number of ether oxygens (including phenoxy) is 1. The maximum atomic E-state index is 13.1. The summed E-state index contributed by atoms with van der Waals surface area (Å²) in [6.07, 6.45) is 0.0560. The maximum Gasteiger partial charge on any atom is 0.252 e. The van der Waals surface area contributed by atoms with E-state index in [1.807, 2.05) is 29.2 Å². The second-order valence-corrected chi connectivity index (χ2v) is 10.7. The van der Waals surface area contributed by atoms with E-state index < -0.39 is 9.84 Å². The smallest absolute Gasteiger partial charge is 0.252 e. The summed E-state index contributed by atoms with van der Waals surface area (Å²) in [5.41, 5.74) is 1.57. The minimum Gasteiger partial charge on any atom is -0.496 e. The number of nitrogens with zero attached hydrogens (tertiary/aromatic N) is 2. The molecule has 2 aliphatic rings. The van der Waals surface area contributed by atoms with E-state index in [0.717, 1.165) is 5.56 Å². The molecule has 4 rings (SSSR count). The standard InChI is InChI=1S/C21H21FN2O4S2/c1-28-18-5-3-2-4-15(18)11-24-17-12-30(26,27)13-19(17)29-21(24)23-20(25)10-14-6-8-16(22)9-7-14/h2-9,17,19H,10-13H2,1H3/t17-,19+/m0/s1. The van der Waals surface area contributed by atoms with Crippen LogP contribution in [-0.2, 0) is 27.6 Å². The van der Waals surface area contributed by atoms with Gasteiger partial charge in [0.05, 0.1) is 31.1 Å². The zero-order valence-corrected chi connectivity index (χ0v) is 18.0. The van der Waals surface area contributed by atoms with Gasteiger partial charge in [-0.25, -0.2) is 12.8 Å². The van der Waals surface area contributed by atoms with Crippen molar-refractivity contribution in [3.8, 4) is 5.75 Å². The van der Waals surface area contributed by atoms with Crippen LogP contribution in [-0.4, -0.2) is 54.3 Å². The summed E-state index contributed by atoms with van der Waals surface area (Å²) < 4.78 is 42.8. The Bertz CT molecular complexity index is 1090. The number of aliphatic imine (C=N–C) groups is 1. The highest BCUT2D eigenvalue weighted by atomic mass is 32.2. The molecule has 9 heteroatoms. The lowest BCUT2D eigenvalue weighted by molar-refractivity contribution is -0.117. The van der Waals surface area contributed by atoms with Crippen molar-refractivity contribution in [3.05, 3.63) is 65.5 Å². The Labute approximate surface area is 179 Å². The van der Waals surface area contributed by atoms with Crippen molar-refractivity contribution in [1.29, 1.82) is 0 Å². The van der Waals surface area contributed by atoms with Crippen LogP contribution in [0, 0.1) is 5.82 Å². The molecule has 6 nitrogen and oxygen atoms in total. The molecule has 1 amide bonds. The minimum absolute atomic E-state index is 0.0466. The van der Waals surface area contributed by atoms with Gasteiger partial charge in [-0.2, -0.15) is 4.99 Å². The van der Waals surface area contributed by atoms with Gasteiger partial charge < -0.3 is 9.64 Å². The van der Waals surface area contributed by atoms with Crippen LogP contribution in [0.25, 0.3) is 0 Å². The normalized spacial score (nSPS) is 23.5. The Kier molecular flexibility index (Phi) is 5.84. The number of thioether (sulfide) groups is 1. The van der Waals surface area contributed by atoms with Crippen LogP contribution >= 0.6 is 11.8 Å². The molecule has 0 N–H and O–H groups in total. The van der Waals surface area contributed by atoms with Gasteiger partial charge in [0.25, 0.3) is 5.91 Å². The van der Waals surface area contributed by atoms with E-state index in [9.17, 15) is 17.6 Å². The summed E-state index contributed by atoms with van der Waals surface area (Å²) in [4.78, 5) is 18.8. The van der Waals surface area contributed by atoms with Gasteiger partial charge in [0.2, 0.25) is 0 Å². The average molecular weight is 449 g/mol. The van der Waals surface area contributed by atoms with Crippen molar-refractivity contribution in [2.75, 3.05) is 18.6 Å². The lowest BCUT2D eigenvalue weighted by atomic mass is 10.1. The topological polar surface area (TPSA) is 76.0 Å². The first-order valence-corrected chi connectivity index (χ1v) is 12.2. The van der Waals surface area contributed by atoms with Gasteiger partial charge in [0, 0.05) is 17.4 Å². The summed E-state index contributed by atoms with van der Waals surface area (Å²) in [5.74, 6) is 0.114. The number of hydrogen-bond donors (Lipinski definition) is 0. The van der Waals surface area contributed by atoms with Crippen molar-refractivity contribution >= 4 is 32.7 Å². The van der Waals surface area contributed by atoms with Crippen LogP contribution in [0.1, 0.15) is 11.1 Å². The van der Waals surface area contributed by atoms with Gasteiger partial charge in [0.15, 0.2) is 15.0 Å². The predicted octanol–water partition coefficient (Wildman–Crippen LogP) is 2.67. The predicted molar refractivity (Wildman–Crippen MR) is 115 cm³/mol. The number of methoxy groups -OCH3 is 1. The Hall–Kier alpha value is -2.39. The van der Waals surface area contributed by atoms with Gasteiger partial charge in [-0.05, 0) is 23.8 Å². The first-order chi connectivity index (χ1) is 14.3. The molecule has 2 fully saturated rings. The fraction of sp³-hybridized carbons (Fsp3) is 0.333. The van der Waals surface area contributed by atoms with Crippen LogP contribution < -0.4 is 4.74 Å². The SMILES string of the molecule is COc1ccccc1CN1C(=NC(=O)Cc2ccc(F)cc2)S[C@@H]2CS(=O)(=O)C[C@@H]21. The molecule has 2 heterocycles. The minimum atomic E-state index is -3.12. The van der Waals surface area contributed by atoms with Gasteiger partial charge in [0.1, 0.15) is 11.6 Å². The highest BCUT2D eigenvalue weighted by molar-refractivity contribution is 8.15. The summed E-state index contributed by atoms with van der Waals surface area (Å²) in [7, 11) is -1.54. The van der Waals surface area contributed by atoms with Crippen molar-refractivity contribution in [3.63, 3.8) is 0 Å². The molecular formula is C21H21FN2O4S2. The van der Waals surface area contributed by atoms with Crippen LogP contribution in [0.4, 0.5) is 4.39 Å². The van der Waals surface area contributed by atoms with Crippen LogP contribution in [0.15, 0.2) is 53.5 Å². The quantitative estimate of drug-likeness (QED) is 0.700. The number of benzene rings is 2. The number of para-hydroxylation sites is 1. The molecule has 0 unspecified atom stereocenters. The number of sulfone groups is 1.